The van der Waals surface area contributed by atoms with Crippen LogP contribution in [-0.2, 0) is 20.8 Å². The number of amides is 3. The van der Waals surface area contributed by atoms with Gasteiger partial charge < -0.3 is 32.2 Å². The summed E-state index contributed by atoms with van der Waals surface area (Å²) < 4.78 is 0. The molecule has 9 nitrogen and oxygen atoms in total. The molecule has 4 atom stereocenters. The van der Waals surface area contributed by atoms with E-state index in [1.54, 1.807) is 20.0 Å². The molecule has 0 saturated carbocycles. The first-order valence-corrected chi connectivity index (χ1v) is 9.50. The van der Waals surface area contributed by atoms with Crippen molar-refractivity contribution in [1.82, 2.24) is 15.6 Å². The van der Waals surface area contributed by atoms with Gasteiger partial charge in [0.15, 0.2) is 0 Å². The molecule has 0 spiro atoms. The number of hydrogen-bond acceptors (Lipinski definition) is 5. The van der Waals surface area contributed by atoms with Crippen LogP contribution in [0.3, 0.4) is 0 Å². The number of carbonyl (C=O) groups is 3. The lowest BCUT2D eigenvalue weighted by Crippen LogP contribution is -2.58. The molecule has 0 unspecified atom stereocenters. The molecule has 0 saturated heterocycles. The van der Waals surface area contributed by atoms with Crippen LogP contribution < -0.4 is 22.1 Å². The number of carbonyl (C=O) groups excluding carboxylic acids is 3. The van der Waals surface area contributed by atoms with Crippen LogP contribution in [0.1, 0.15) is 26.3 Å². The highest BCUT2D eigenvalue weighted by Crippen LogP contribution is 2.19. The highest BCUT2D eigenvalue weighted by Gasteiger charge is 2.30. The summed E-state index contributed by atoms with van der Waals surface area (Å²) in [7, 11) is 0. The molecule has 0 aliphatic carbocycles. The van der Waals surface area contributed by atoms with Gasteiger partial charge in [-0.25, -0.2) is 0 Å². The number of rotatable bonds is 9. The summed E-state index contributed by atoms with van der Waals surface area (Å²) in [6.45, 7) is 4.90. The van der Waals surface area contributed by atoms with Crippen molar-refractivity contribution < 1.29 is 19.5 Å². The van der Waals surface area contributed by atoms with E-state index in [-0.39, 0.29) is 12.3 Å². The van der Waals surface area contributed by atoms with Crippen LogP contribution in [0.2, 0.25) is 0 Å². The average Bonchev–Trinajstić information content (AvgIpc) is 3.07. The van der Waals surface area contributed by atoms with Gasteiger partial charge in [-0.05, 0) is 24.5 Å². The molecular formula is C20H29N5O4. The fourth-order valence-corrected chi connectivity index (χ4v) is 3.04. The Hall–Kier alpha value is -2.91. The van der Waals surface area contributed by atoms with E-state index in [1.165, 1.54) is 6.92 Å². The summed E-state index contributed by atoms with van der Waals surface area (Å²) in [6, 6.07) is 4.49. The number of hydrogen-bond donors (Lipinski definition) is 6. The number of aromatic amines is 1. The van der Waals surface area contributed by atoms with Crippen LogP contribution in [0.25, 0.3) is 10.9 Å². The largest absolute Gasteiger partial charge is 0.391 e. The predicted octanol–water partition coefficient (Wildman–Crippen LogP) is -0.471. The van der Waals surface area contributed by atoms with Crippen molar-refractivity contribution in [3.63, 3.8) is 0 Å². The average molecular weight is 403 g/mol. The minimum Gasteiger partial charge on any atom is -0.391 e. The van der Waals surface area contributed by atoms with E-state index < -0.39 is 42.0 Å². The van der Waals surface area contributed by atoms with Gasteiger partial charge in [0.2, 0.25) is 17.7 Å². The molecule has 2 aromatic rings. The van der Waals surface area contributed by atoms with Crippen LogP contribution in [0, 0.1) is 5.92 Å². The zero-order valence-corrected chi connectivity index (χ0v) is 16.8. The van der Waals surface area contributed by atoms with E-state index in [0.29, 0.717) is 0 Å². The minimum absolute atomic E-state index is 0.164. The molecule has 2 rings (SSSR count). The third-order valence-electron chi connectivity index (χ3n) is 4.83. The number of aliphatic hydroxyl groups is 1. The Bertz CT molecular complexity index is 877. The molecule has 0 radical (unpaired) electrons. The Morgan fingerprint density at radius 3 is 2.34 bits per heavy atom. The fraction of sp³-hybridized carbons (Fsp3) is 0.450. The zero-order chi connectivity index (χ0) is 21.7. The molecule has 0 aliphatic heterocycles. The molecule has 158 valence electrons. The van der Waals surface area contributed by atoms with Gasteiger partial charge in [-0.2, -0.15) is 0 Å². The van der Waals surface area contributed by atoms with Gasteiger partial charge in [0.25, 0.3) is 0 Å². The Morgan fingerprint density at radius 1 is 1.10 bits per heavy atom. The van der Waals surface area contributed by atoms with Crippen LogP contribution in [0.4, 0.5) is 0 Å². The second-order valence-electron chi connectivity index (χ2n) is 7.52. The predicted molar refractivity (Wildman–Crippen MR) is 110 cm³/mol. The maximum atomic E-state index is 12.9. The quantitative estimate of drug-likeness (QED) is 0.333. The molecule has 0 aliphatic rings. The van der Waals surface area contributed by atoms with Crippen molar-refractivity contribution in [3.8, 4) is 0 Å². The van der Waals surface area contributed by atoms with Gasteiger partial charge in [-0.3, -0.25) is 14.4 Å². The topological polar surface area (TPSA) is 163 Å². The van der Waals surface area contributed by atoms with Gasteiger partial charge in [-0.1, -0.05) is 32.0 Å². The summed E-state index contributed by atoms with van der Waals surface area (Å²) in [5.41, 5.74) is 12.8. The lowest BCUT2D eigenvalue weighted by atomic mass is 10.0. The highest BCUT2D eigenvalue weighted by molar-refractivity contribution is 5.93. The van der Waals surface area contributed by atoms with E-state index >= 15 is 0 Å². The SMILES string of the molecule is CC(C)[C@H](NC(=O)[C@H](Cc1c[nH]c2ccccc12)NC(=O)[C@@H](N)[C@@H](C)O)C(N)=O. The maximum absolute atomic E-state index is 12.9. The standard InChI is InChI=1S/C20H29N5O4/c1-10(2)17(18(22)27)25-19(28)15(24-20(29)16(21)11(3)26)8-12-9-23-14-7-5-4-6-13(12)14/h4-7,9-11,15-17,23,26H,8,21H2,1-3H3,(H2,22,27)(H,24,29)(H,25,28)/t11-,15+,16+,17+/m1/s1. The fourth-order valence-electron chi connectivity index (χ4n) is 3.04. The number of benzene rings is 1. The number of aliphatic hydroxyl groups excluding tert-OH is 1. The third kappa shape index (κ3) is 5.55. The minimum atomic E-state index is -1.19. The van der Waals surface area contributed by atoms with Gasteiger partial charge in [0, 0.05) is 23.5 Å². The normalized spacial score (nSPS) is 15.5. The van der Waals surface area contributed by atoms with Crippen molar-refractivity contribution >= 4 is 28.6 Å². The zero-order valence-electron chi connectivity index (χ0n) is 16.8. The monoisotopic (exact) mass is 403 g/mol. The molecule has 8 N–H and O–H groups in total. The van der Waals surface area contributed by atoms with Crippen molar-refractivity contribution in [2.45, 2.75) is 51.4 Å². The first kappa shape index (κ1) is 22.4. The van der Waals surface area contributed by atoms with E-state index in [2.05, 4.69) is 15.6 Å². The van der Waals surface area contributed by atoms with Gasteiger partial charge in [0.05, 0.1) is 6.10 Å². The number of para-hydroxylation sites is 1. The Labute approximate surface area is 169 Å². The second kappa shape index (κ2) is 9.53. The lowest BCUT2D eigenvalue weighted by Gasteiger charge is -2.25. The Kier molecular flexibility index (Phi) is 7.35. The third-order valence-corrected chi connectivity index (χ3v) is 4.83. The molecule has 29 heavy (non-hydrogen) atoms. The number of nitrogens with one attached hydrogen (secondary N) is 3. The molecular weight excluding hydrogens is 374 g/mol. The van der Waals surface area contributed by atoms with E-state index in [4.69, 9.17) is 11.5 Å². The number of fused-ring (bicyclic) bond motifs is 1. The summed E-state index contributed by atoms with van der Waals surface area (Å²) in [6.07, 6.45) is 0.845. The van der Waals surface area contributed by atoms with Gasteiger partial charge in [-0.15, -0.1) is 0 Å². The molecule has 1 heterocycles. The Morgan fingerprint density at radius 2 is 1.76 bits per heavy atom. The molecule has 9 heteroatoms. The van der Waals surface area contributed by atoms with Crippen LogP contribution in [0.15, 0.2) is 30.5 Å². The van der Waals surface area contributed by atoms with E-state index in [9.17, 15) is 19.5 Å². The van der Waals surface area contributed by atoms with Crippen LogP contribution in [-0.4, -0.2) is 52.0 Å². The molecule has 3 amide bonds. The van der Waals surface area contributed by atoms with E-state index in [1.807, 2.05) is 24.3 Å². The number of nitrogens with two attached hydrogens (primary N) is 2. The summed E-state index contributed by atoms with van der Waals surface area (Å²) in [5.74, 6) is -2.11. The summed E-state index contributed by atoms with van der Waals surface area (Å²) in [4.78, 5) is 40.1. The van der Waals surface area contributed by atoms with Crippen molar-refractivity contribution in [1.29, 1.82) is 0 Å². The number of aromatic nitrogens is 1. The Balaban J connectivity index is 2.28. The molecule has 0 bridgehead atoms. The first-order valence-electron chi connectivity index (χ1n) is 9.50. The van der Waals surface area contributed by atoms with E-state index in [0.717, 1.165) is 16.5 Å². The molecule has 0 fully saturated rings. The van der Waals surface area contributed by atoms with Crippen molar-refractivity contribution in [3.05, 3.63) is 36.0 Å². The van der Waals surface area contributed by atoms with Crippen LogP contribution >= 0.6 is 0 Å². The second-order valence-corrected chi connectivity index (χ2v) is 7.52. The molecule has 1 aromatic carbocycles. The number of primary amides is 1. The summed E-state index contributed by atoms with van der Waals surface area (Å²) >= 11 is 0. The smallest absolute Gasteiger partial charge is 0.243 e. The summed E-state index contributed by atoms with van der Waals surface area (Å²) in [5, 5.41) is 15.7. The first-order chi connectivity index (χ1) is 13.6. The van der Waals surface area contributed by atoms with Crippen molar-refractivity contribution in [2.75, 3.05) is 0 Å². The van der Waals surface area contributed by atoms with Gasteiger partial charge >= 0.3 is 0 Å². The molecule has 1 aromatic heterocycles. The van der Waals surface area contributed by atoms with Crippen molar-refractivity contribution in [2.24, 2.45) is 17.4 Å². The lowest BCUT2D eigenvalue weighted by molar-refractivity contribution is -0.133. The highest BCUT2D eigenvalue weighted by atomic mass is 16.3. The van der Waals surface area contributed by atoms with Gasteiger partial charge in [0.1, 0.15) is 18.1 Å². The maximum Gasteiger partial charge on any atom is 0.243 e. The number of H-pyrrole nitrogens is 1. The van der Waals surface area contributed by atoms with Crippen LogP contribution in [0.5, 0.6) is 0 Å².